The van der Waals surface area contributed by atoms with Crippen LogP contribution < -0.4 is 10.7 Å². The minimum absolute atomic E-state index is 0.152. The molecule has 3 heterocycles. The second-order valence-corrected chi connectivity index (χ2v) is 6.18. The number of likely N-dealkylation sites (tertiary alicyclic amines) is 1. The number of hydrogen-bond acceptors (Lipinski definition) is 4. The molecule has 1 fully saturated rings. The van der Waals surface area contributed by atoms with E-state index in [-0.39, 0.29) is 11.9 Å². The highest BCUT2D eigenvalue weighted by Gasteiger charge is 2.29. The summed E-state index contributed by atoms with van der Waals surface area (Å²) in [6.45, 7) is 3.45. The highest BCUT2D eigenvalue weighted by Crippen LogP contribution is 2.25. The Hall–Kier alpha value is -2.08. The monoisotopic (exact) mass is 316 g/mol. The quantitative estimate of drug-likeness (QED) is 0.819. The van der Waals surface area contributed by atoms with Crippen molar-refractivity contribution in [2.45, 2.75) is 32.2 Å². The number of amides is 1. The number of nitrogens with zero attached hydrogens (tertiary/aromatic N) is 3. The number of likely N-dealkylation sites (N-methyl/N-ethyl adjacent to an activating group) is 1. The van der Waals surface area contributed by atoms with E-state index >= 15 is 0 Å². The Kier molecular flexibility index (Phi) is 4.52. The fourth-order valence-electron chi connectivity index (χ4n) is 3.33. The van der Waals surface area contributed by atoms with Crippen molar-refractivity contribution >= 4 is 11.6 Å². The molecule has 0 aromatic carbocycles. The number of rotatable bonds is 4. The minimum atomic E-state index is -0.423. The molecule has 0 radical (unpaired) electrons. The van der Waals surface area contributed by atoms with Crippen LogP contribution in [0.4, 0.5) is 0 Å². The molecule has 1 unspecified atom stereocenters. The maximum atomic E-state index is 11.7. The minimum Gasteiger partial charge on any atom is -0.387 e. The molecule has 0 aliphatic carbocycles. The van der Waals surface area contributed by atoms with Crippen LogP contribution in [0.2, 0.25) is 0 Å². The number of aliphatic hydroxyl groups is 1. The summed E-state index contributed by atoms with van der Waals surface area (Å²) in [6, 6.07) is 2.23. The zero-order valence-electron chi connectivity index (χ0n) is 13.7. The maximum Gasteiger partial charge on any atom is 0.248 e. The van der Waals surface area contributed by atoms with Gasteiger partial charge in [-0.3, -0.25) is 4.79 Å². The van der Waals surface area contributed by atoms with E-state index in [2.05, 4.69) is 27.9 Å². The number of nitrogens with one attached hydrogen (secondary N) is 1. The summed E-state index contributed by atoms with van der Waals surface area (Å²) in [5.74, 6) is -0.214. The van der Waals surface area contributed by atoms with Crippen LogP contribution in [0.1, 0.15) is 26.2 Å². The second-order valence-electron chi connectivity index (χ2n) is 6.18. The lowest BCUT2D eigenvalue weighted by Gasteiger charge is -2.26. The van der Waals surface area contributed by atoms with Gasteiger partial charge in [0.05, 0.1) is 6.04 Å². The smallest absolute Gasteiger partial charge is 0.248 e. The second kappa shape index (κ2) is 6.58. The van der Waals surface area contributed by atoms with Gasteiger partial charge in [0.2, 0.25) is 5.91 Å². The van der Waals surface area contributed by atoms with Crippen molar-refractivity contribution in [1.82, 2.24) is 14.8 Å². The topological polar surface area (TPSA) is 71.9 Å². The lowest BCUT2D eigenvalue weighted by Crippen LogP contribution is -2.41. The predicted molar refractivity (Wildman–Crippen MR) is 87.8 cm³/mol. The number of carbonyl (C=O) groups is 1. The van der Waals surface area contributed by atoms with Gasteiger partial charge in [0.1, 0.15) is 12.1 Å². The summed E-state index contributed by atoms with van der Waals surface area (Å²) in [6.07, 6.45) is 6.70. The Morgan fingerprint density at radius 3 is 3.13 bits per heavy atom. The number of hydrogen-bond donors (Lipinski definition) is 2. The normalized spacial score (nSPS) is 20.7. The first-order chi connectivity index (χ1) is 11.1. The van der Waals surface area contributed by atoms with Crippen molar-refractivity contribution < 1.29 is 9.90 Å². The first kappa shape index (κ1) is 15.8. The number of carbonyl (C=O) groups excluding carboxylic acids is 1. The Morgan fingerprint density at radius 2 is 2.39 bits per heavy atom. The van der Waals surface area contributed by atoms with E-state index in [9.17, 15) is 4.79 Å². The van der Waals surface area contributed by atoms with Crippen molar-refractivity contribution in [3.63, 3.8) is 0 Å². The number of fused-ring (bicyclic) bond motifs is 1. The first-order valence-electron chi connectivity index (χ1n) is 8.17. The zero-order chi connectivity index (χ0) is 16.4. The molecule has 23 heavy (non-hydrogen) atoms. The Labute approximate surface area is 135 Å². The number of aromatic nitrogens is 1. The van der Waals surface area contributed by atoms with E-state index in [1.165, 1.54) is 11.3 Å². The molecule has 1 aromatic heterocycles. The summed E-state index contributed by atoms with van der Waals surface area (Å²) < 4.78 is 0. The molecule has 1 aromatic rings. The molecule has 6 heteroatoms. The molecule has 6 nitrogen and oxygen atoms in total. The molecule has 0 bridgehead atoms. The first-order valence-corrected chi connectivity index (χ1v) is 8.17. The fraction of sp³-hybridized carbons (Fsp3) is 0.529. The lowest BCUT2D eigenvalue weighted by molar-refractivity contribution is -0.134. The Bertz CT molecular complexity index is 734. The van der Waals surface area contributed by atoms with Gasteiger partial charge < -0.3 is 19.9 Å². The van der Waals surface area contributed by atoms with E-state index in [0.29, 0.717) is 0 Å². The standard InChI is InChI=1S/C17H24N4O2/c1-3-12-8-15(14-4-6-18-17(14)19-9-12)21-7-5-13(10-21)20(2)16(23)11-22/h4,6,9,13,22H,3,5,7-8,10-11H2,1-2H3,(H,18,19). The third-order valence-corrected chi connectivity index (χ3v) is 4.88. The van der Waals surface area contributed by atoms with E-state index in [4.69, 9.17) is 5.11 Å². The maximum absolute atomic E-state index is 11.7. The van der Waals surface area contributed by atoms with Gasteiger partial charge in [-0.25, -0.2) is 4.99 Å². The van der Waals surface area contributed by atoms with E-state index in [1.54, 1.807) is 11.9 Å². The largest absolute Gasteiger partial charge is 0.387 e. The van der Waals surface area contributed by atoms with Crippen LogP contribution >= 0.6 is 0 Å². The summed E-state index contributed by atoms with van der Waals surface area (Å²) in [5, 5.41) is 10.2. The molecule has 3 rings (SSSR count). The molecule has 2 aliphatic heterocycles. The third kappa shape index (κ3) is 3.03. The molecule has 1 amide bonds. The van der Waals surface area contributed by atoms with Crippen molar-refractivity contribution in [3.05, 3.63) is 34.7 Å². The summed E-state index contributed by atoms with van der Waals surface area (Å²) >= 11 is 0. The molecule has 2 aliphatic rings. The van der Waals surface area contributed by atoms with E-state index in [0.717, 1.165) is 43.1 Å². The van der Waals surface area contributed by atoms with Crippen molar-refractivity contribution in [1.29, 1.82) is 0 Å². The van der Waals surface area contributed by atoms with E-state index in [1.807, 2.05) is 12.4 Å². The van der Waals surface area contributed by atoms with Gasteiger partial charge in [-0.1, -0.05) is 6.92 Å². The predicted octanol–water partition coefficient (Wildman–Crippen LogP) is -0.0349. The summed E-state index contributed by atoms with van der Waals surface area (Å²) in [5.41, 5.74) is 3.50. The van der Waals surface area contributed by atoms with Gasteiger partial charge in [-0.15, -0.1) is 0 Å². The Morgan fingerprint density at radius 1 is 1.57 bits per heavy atom. The van der Waals surface area contributed by atoms with Crippen molar-refractivity contribution in [3.8, 4) is 0 Å². The van der Waals surface area contributed by atoms with Crippen LogP contribution in [-0.2, 0) is 4.79 Å². The van der Waals surface area contributed by atoms with Gasteiger partial charge in [0.15, 0.2) is 0 Å². The summed E-state index contributed by atoms with van der Waals surface area (Å²) in [7, 11) is 1.78. The number of aliphatic hydroxyl groups excluding tert-OH is 1. The Balaban J connectivity index is 1.88. The lowest BCUT2D eigenvalue weighted by atomic mass is 10.1. The van der Waals surface area contributed by atoms with Crippen LogP contribution in [0.3, 0.4) is 0 Å². The van der Waals surface area contributed by atoms with Crippen LogP contribution in [0, 0.1) is 0 Å². The van der Waals surface area contributed by atoms with Crippen LogP contribution in [-0.4, -0.2) is 58.6 Å². The molecule has 0 saturated carbocycles. The van der Waals surface area contributed by atoms with Crippen LogP contribution in [0.25, 0.3) is 5.70 Å². The fourth-order valence-corrected chi connectivity index (χ4v) is 3.33. The average Bonchev–Trinajstić information content (AvgIpc) is 3.20. The SMILES string of the molecule is CCC1=CN=c2[nH]ccc2=C(N2CCC(N(C)C(=O)CO)C2)C1. The third-order valence-electron chi connectivity index (χ3n) is 4.88. The highest BCUT2D eigenvalue weighted by atomic mass is 16.3. The number of H-pyrrole nitrogens is 1. The van der Waals surface area contributed by atoms with Gasteiger partial charge in [0.25, 0.3) is 0 Å². The number of aromatic amines is 1. The molecule has 0 spiro atoms. The van der Waals surface area contributed by atoms with Crippen molar-refractivity contribution in [2.75, 3.05) is 26.7 Å². The molecule has 124 valence electrons. The average molecular weight is 316 g/mol. The highest BCUT2D eigenvalue weighted by molar-refractivity contribution is 5.77. The molecular weight excluding hydrogens is 292 g/mol. The van der Waals surface area contributed by atoms with Gasteiger partial charge in [-0.2, -0.15) is 0 Å². The van der Waals surface area contributed by atoms with Gasteiger partial charge in [-0.05, 0) is 24.5 Å². The van der Waals surface area contributed by atoms with Gasteiger partial charge >= 0.3 is 0 Å². The van der Waals surface area contributed by atoms with Crippen molar-refractivity contribution in [2.24, 2.45) is 4.99 Å². The van der Waals surface area contributed by atoms with Crippen LogP contribution in [0.5, 0.6) is 0 Å². The summed E-state index contributed by atoms with van der Waals surface area (Å²) in [4.78, 5) is 23.5. The molecular formula is C17H24N4O2. The molecule has 2 N–H and O–H groups in total. The van der Waals surface area contributed by atoms with Gasteiger partial charge in [0, 0.05) is 49.9 Å². The van der Waals surface area contributed by atoms with Crippen LogP contribution in [0.15, 0.2) is 29.0 Å². The molecule has 1 saturated heterocycles. The van der Waals surface area contributed by atoms with E-state index < -0.39 is 6.61 Å². The zero-order valence-corrected chi connectivity index (χ0v) is 13.7. The molecule has 1 atom stereocenters.